The zero-order valence-electron chi connectivity index (χ0n) is 8.17. The topological polar surface area (TPSA) is 46.2 Å². The van der Waals surface area contributed by atoms with Crippen LogP contribution in [0.4, 0.5) is 18.9 Å². The Morgan fingerprint density at radius 2 is 2.00 bits per heavy atom. The largest absolute Gasteiger partial charge is 0.418 e. The molecule has 1 rings (SSSR count). The molecule has 1 unspecified atom stereocenters. The zero-order chi connectivity index (χ0) is 11.6. The minimum atomic E-state index is -4.45. The fourth-order valence-electron chi connectivity index (χ4n) is 1.23. The lowest BCUT2D eigenvalue weighted by Crippen LogP contribution is -2.10. The van der Waals surface area contributed by atoms with Crippen molar-refractivity contribution in [3.8, 4) is 0 Å². The molecule has 0 aromatic heterocycles. The molecule has 0 heterocycles. The number of halogens is 3. The molecule has 2 nitrogen and oxygen atoms in total. The standard InChI is InChI=1S/C10H12F3NO/c1-6(5-15)7-2-3-9(14)8(4-7)10(11,12)13/h2-4,6,15H,5,14H2,1H3. The smallest absolute Gasteiger partial charge is 0.398 e. The predicted molar refractivity (Wildman–Crippen MR) is 51.4 cm³/mol. The molecule has 0 aliphatic carbocycles. The molecule has 0 aliphatic rings. The number of aliphatic hydroxyl groups excluding tert-OH is 1. The first-order valence-electron chi connectivity index (χ1n) is 4.43. The van der Waals surface area contributed by atoms with Crippen LogP contribution in [0.15, 0.2) is 18.2 Å². The summed E-state index contributed by atoms with van der Waals surface area (Å²) in [5, 5.41) is 8.84. The molecular weight excluding hydrogens is 207 g/mol. The van der Waals surface area contributed by atoms with Crippen molar-refractivity contribution in [2.24, 2.45) is 0 Å². The molecule has 5 heteroatoms. The summed E-state index contributed by atoms with van der Waals surface area (Å²) in [6.07, 6.45) is -4.45. The fourth-order valence-corrected chi connectivity index (χ4v) is 1.23. The van der Waals surface area contributed by atoms with Crippen LogP contribution < -0.4 is 5.73 Å². The molecule has 0 amide bonds. The van der Waals surface area contributed by atoms with Gasteiger partial charge in [-0.05, 0) is 17.7 Å². The van der Waals surface area contributed by atoms with Gasteiger partial charge >= 0.3 is 6.18 Å². The van der Waals surface area contributed by atoms with Gasteiger partial charge in [0.15, 0.2) is 0 Å². The highest BCUT2D eigenvalue weighted by molar-refractivity contribution is 5.50. The van der Waals surface area contributed by atoms with E-state index >= 15 is 0 Å². The summed E-state index contributed by atoms with van der Waals surface area (Å²) in [4.78, 5) is 0. The number of rotatable bonds is 2. The first kappa shape index (κ1) is 11.8. The highest BCUT2D eigenvalue weighted by Crippen LogP contribution is 2.35. The fraction of sp³-hybridized carbons (Fsp3) is 0.400. The van der Waals surface area contributed by atoms with Crippen LogP contribution in [0.2, 0.25) is 0 Å². The minimum absolute atomic E-state index is 0.193. The van der Waals surface area contributed by atoms with E-state index in [1.54, 1.807) is 6.92 Å². The van der Waals surface area contributed by atoms with E-state index < -0.39 is 11.7 Å². The second kappa shape index (κ2) is 4.10. The quantitative estimate of drug-likeness (QED) is 0.750. The average molecular weight is 219 g/mol. The third-order valence-corrected chi connectivity index (χ3v) is 2.23. The summed E-state index contributed by atoms with van der Waals surface area (Å²) >= 11 is 0. The molecule has 0 fully saturated rings. The molecule has 1 aromatic rings. The van der Waals surface area contributed by atoms with E-state index in [4.69, 9.17) is 10.8 Å². The lowest BCUT2D eigenvalue weighted by atomic mass is 9.99. The molecule has 84 valence electrons. The highest BCUT2D eigenvalue weighted by Gasteiger charge is 2.33. The molecule has 0 radical (unpaired) electrons. The monoisotopic (exact) mass is 219 g/mol. The van der Waals surface area contributed by atoms with Gasteiger partial charge in [-0.2, -0.15) is 13.2 Å². The highest BCUT2D eigenvalue weighted by atomic mass is 19.4. The van der Waals surface area contributed by atoms with Crippen LogP contribution >= 0.6 is 0 Å². The molecule has 0 aliphatic heterocycles. The summed E-state index contributed by atoms with van der Waals surface area (Å²) in [5.41, 5.74) is 4.52. The molecule has 0 saturated heterocycles. The van der Waals surface area contributed by atoms with Crippen LogP contribution in [0.1, 0.15) is 24.0 Å². The SMILES string of the molecule is CC(CO)c1ccc(N)c(C(F)(F)F)c1. The Kier molecular flexibility index (Phi) is 3.24. The van der Waals surface area contributed by atoms with Crippen molar-refractivity contribution in [2.75, 3.05) is 12.3 Å². The Labute approximate surface area is 85.5 Å². The van der Waals surface area contributed by atoms with E-state index in [0.29, 0.717) is 5.56 Å². The van der Waals surface area contributed by atoms with Crippen molar-refractivity contribution in [3.63, 3.8) is 0 Å². The molecule has 0 saturated carbocycles. The van der Waals surface area contributed by atoms with E-state index in [9.17, 15) is 13.2 Å². The Balaban J connectivity index is 3.17. The van der Waals surface area contributed by atoms with Crippen molar-refractivity contribution in [3.05, 3.63) is 29.3 Å². The molecule has 1 aromatic carbocycles. The van der Waals surface area contributed by atoms with Crippen LogP contribution in [-0.4, -0.2) is 11.7 Å². The summed E-state index contributed by atoms with van der Waals surface area (Å²) < 4.78 is 37.4. The first-order valence-corrected chi connectivity index (χ1v) is 4.43. The summed E-state index contributed by atoms with van der Waals surface area (Å²) in [6, 6.07) is 3.69. The van der Waals surface area contributed by atoms with Crippen LogP contribution in [0.5, 0.6) is 0 Å². The predicted octanol–water partition coefficient (Wildman–Crippen LogP) is 2.38. The van der Waals surface area contributed by atoms with Crippen molar-refractivity contribution < 1.29 is 18.3 Å². The number of benzene rings is 1. The molecular formula is C10H12F3NO. The van der Waals surface area contributed by atoms with Crippen LogP contribution in [-0.2, 0) is 6.18 Å². The van der Waals surface area contributed by atoms with Gasteiger partial charge < -0.3 is 10.8 Å². The van der Waals surface area contributed by atoms with E-state index in [2.05, 4.69) is 0 Å². The minimum Gasteiger partial charge on any atom is -0.398 e. The first-order chi connectivity index (χ1) is 6.86. The second-order valence-corrected chi connectivity index (χ2v) is 3.43. The van der Waals surface area contributed by atoms with E-state index in [-0.39, 0.29) is 18.2 Å². The lowest BCUT2D eigenvalue weighted by Gasteiger charge is -2.14. The van der Waals surface area contributed by atoms with Gasteiger partial charge in [0.2, 0.25) is 0 Å². The Morgan fingerprint density at radius 3 is 2.47 bits per heavy atom. The van der Waals surface area contributed by atoms with Crippen molar-refractivity contribution in [2.45, 2.75) is 19.0 Å². The van der Waals surface area contributed by atoms with Gasteiger partial charge in [0.1, 0.15) is 0 Å². The number of nitrogens with two attached hydrogens (primary N) is 1. The Bertz CT molecular complexity index is 349. The van der Waals surface area contributed by atoms with E-state index in [1.165, 1.54) is 12.1 Å². The Hall–Kier alpha value is -1.23. The van der Waals surface area contributed by atoms with Gasteiger partial charge in [-0.15, -0.1) is 0 Å². The van der Waals surface area contributed by atoms with Crippen molar-refractivity contribution >= 4 is 5.69 Å². The number of anilines is 1. The number of aliphatic hydroxyl groups is 1. The van der Waals surface area contributed by atoms with Gasteiger partial charge in [-0.1, -0.05) is 13.0 Å². The summed E-state index contributed by atoms with van der Waals surface area (Å²) in [6.45, 7) is 1.45. The van der Waals surface area contributed by atoms with Gasteiger partial charge in [-0.25, -0.2) is 0 Å². The number of hydrogen-bond acceptors (Lipinski definition) is 2. The third-order valence-electron chi connectivity index (χ3n) is 2.23. The summed E-state index contributed by atoms with van der Waals surface area (Å²) in [5.74, 6) is -0.327. The maximum atomic E-state index is 12.5. The average Bonchev–Trinajstić information content (AvgIpc) is 2.15. The normalized spacial score (nSPS) is 13.9. The van der Waals surface area contributed by atoms with Gasteiger partial charge in [0.25, 0.3) is 0 Å². The number of nitrogen functional groups attached to an aromatic ring is 1. The van der Waals surface area contributed by atoms with E-state index in [1.807, 2.05) is 0 Å². The zero-order valence-corrected chi connectivity index (χ0v) is 8.17. The van der Waals surface area contributed by atoms with Gasteiger partial charge in [-0.3, -0.25) is 0 Å². The van der Waals surface area contributed by atoms with E-state index in [0.717, 1.165) is 6.07 Å². The molecule has 0 spiro atoms. The maximum Gasteiger partial charge on any atom is 0.418 e. The van der Waals surface area contributed by atoms with Crippen LogP contribution in [0, 0.1) is 0 Å². The molecule has 15 heavy (non-hydrogen) atoms. The number of hydrogen-bond donors (Lipinski definition) is 2. The molecule has 3 N–H and O–H groups in total. The summed E-state index contributed by atoms with van der Waals surface area (Å²) in [7, 11) is 0. The van der Waals surface area contributed by atoms with Crippen LogP contribution in [0.25, 0.3) is 0 Å². The van der Waals surface area contributed by atoms with Crippen LogP contribution in [0.3, 0.4) is 0 Å². The van der Waals surface area contributed by atoms with Crippen molar-refractivity contribution in [1.82, 2.24) is 0 Å². The third kappa shape index (κ3) is 2.62. The Morgan fingerprint density at radius 1 is 1.40 bits per heavy atom. The maximum absolute atomic E-state index is 12.5. The van der Waals surface area contributed by atoms with Gasteiger partial charge in [0.05, 0.1) is 5.56 Å². The molecule has 1 atom stereocenters. The second-order valence-electron chi connectivity index (χ2n) is 3.43. The van der Waals surface area contributed by atoms with Gasteiger partial charge in [0, 0.05) is 18.2 Å². The molecule has 0 bridgehead atoms. The number of alkyl halides is 3. The lowest BCUT2D eigenvalue weighted by molar-refractivity contribution is -0.137. The van der Waals surface area contributed by atoms with Crippen molar-refractivity contribution in [1.29, 1.82) is 0 Å².